The molecule has 9 unspecified atom stereocenters. The molecule has 3 heterocycles. The summed E-state index contributed by atoms with van der Waals surface area (Å²) in [6, 6.07) is 0. The van der Waals surface area contributed by atoms with Crippen molar-refractivity contribution in [3.8, 4) is 0 Å². The number of unbranched alkanes of at least 4 members (excludes halogenated alkanes) is 13. The number of aliphatic hydroxyl groups excluding tert-OH is 9. The highest BCUT2D eigenvalue weighted by molar-refractivity contribution is 5.69. The van der Waals surface area contributed by atoms with E-state index < -0.39 is 98.6 Å². The highest BCUT2D eigenvalue weighted by atomic mass is 16.8. The SMILES string of the molecule is CCCCCCCCCCCCCCCCC(=O)OCC1OCC(O[C@@H]2OC(O[C@H]3OC(CO)[C@H](O)C(O)C3O)[C@H](O)C(O)C2O)C(O)[C@@H]1O. The summed E-state index contributed by atoms with van der Waals surface area (Å²) in [6.07, 6.45) is -6.07. The molecule has 3 aliphatic rings. The Balaban J connectivity index is 1.32. The van der Waals surface area contributed by atoms with Gasteiger partial charge in [-0.15, -0.1) is 0 Å². The monoisotopic (exact) mass is 726 g/mol. The molecular formula is C34H62O16. The Morgan fingerprint density at radius 1 is 0.560 bits per heavy atom. The number of carbonyl (C=O) groups is 1. The second-order valence-electron chi connectivity index (χ2n) is 13.7. The van der Waals surface area contributed by atoms with Crippen molar-refractivity contribution < 1.29 is 79.2 Å². The molecule has 16 heteroatoms. The molecule has 3 aliphatic heterocycles. The predicted molar refractivity (Wildman–Crippen MR) is 174 cm³/mol. The molecule has 0 amide bonds. The molecule has 3 saturated heterocycles. The van der Waals surface area contributed by atoms with Gasteiger partial charge in [0, 0.05) is 6.42 Å². The van der Waals surface area contributed by atoms with E-state index in [0.717, 1.165) is 19.3 Å². The zero-order valence-electron chi connectivity index (χ0n) is 29.2. The van der Waals surface area contributed by atoms with Gasteiger partial charge in [-0.2, -0.15) is 0 Å². The minimum atomic E-state index is -1.91. The first-order valence-corrected chi connectivity index (χ1v) is 18.4. The maximum atomic E-state index is 12.3. The molecular weight excluding hydrogens is 664 g/mol. The first-order chi connectivity index (χ1) is 24.0. The molecule has 0 spiro atoms. The summed E-state index contributed by atoms with van der Waals surface area (Å²) in [5.74, 6) is -0.440. The predicted octanol–water partition coefficient (Wildman–Crippen LogP) is -0.512. The number of carbonyl (C=O) groups excluding carboxylic acids is 1. The molecule has 3 rings (SSSR count). The number of hydrogen-bond acceptors (Lipinski definition) is 16. The Kier molecular flexibility index (Phi) is 19.8. The van der Waals surface area contributed by atoms with E-state index in [9.17, 15) is 50.8 Å². The van der Waals surface area contributed by atoms with Crippen LogP contribution in [0.25, 0.3) is 0 Å². The van der Waals surface area contributed by atoms with Gasteiger partial charge in [0.1, 0.15) is 73.8 Å². The van der Waals surface area contributed by atoms with Crippen LogP contribution in [-0.2, 0) is 33.2 Å². The van der Waals surface area contributed by atoms with Crippen LogP contribution >= 0.6 is 0 Å². The van der Waals surface area contributed by atoms with Gasteiger partial charge in [-0.25, -0.2) is 0 Å². The van der Waals surface area contributed by atoms with Crippen LogP contribution in [0.3, 0.4) is 0 Å². The Labute approximate surface area is 294 Å². The molecule has 0 aliphatic carbocycles. The van der Waals surface area contributed by atoms with Crippen molar-refractivity contribution in [3.05, 3.63) is 0 Å². The van der Waals surface area contributed by atoms with Gasteiger partial charge in [-0.1, -0.05) is 90.4 Å². The highest BCUT2D eigenvalue weighted by Gasteiger charge is 2.51. The van der Waals surface area contributed by atoms with Crippen molar-refractivity contribution in [1.82, 2.24) is 0 Å². The second-order valence-corrected chi connectivity index (χ2v) is 13.7. The average Bonchev–Trinajstić information content (AvgIpc) is 3.11. The summed E-state index contributed by atoms with van der Waals surface area (Å²) >= 11 is 0. The Morgan fingerprint density at radius 2 is 1.02 bits per heavy atom. The topological polar surface area (TPSA) is 255 Å². The zero-order valence-corrected chi connectivity index (χ0v) is 29.2. The van der Waals surface area contributed by atoms with Gasteiger partial charge >= 0.3 is 5.97 Å². The van der Waals surface area contributed by atoms with Gasteiger partial charge in [0.25, 0.3) is 0 Å². The largest absolute Gasteiger partial charge is 0.463 e. The fourth-order valence-corrected chi connectivity index (χ4v) is 6.36. The van der Waals surface area contributed by atoms with Crippen molar-refractivity contribution in [2.24, 2.45) is 0 Å². The van der Waals surface area contributed by atoms with Crippen molar-refractivity contribution >= 4 is 5.97 Å². The minimum absolute atomic E-state index is 0.229. The lowest BCUT2D eigenvalue weighted by molar-refractivity contribution is -0.406. The van der Waals surface area contributed by atoms with Gasteiger partial charge in [0.15, 0.2) is 18.9 Å². The van der Waals surface area contributed by atoms with E-state index in [1.54, 1.807) is 0 Å². The lowest BCUT2D eigenvalue weighted by Gasteiger charge is -2.46. The summed E-state index contributed by atoms with van der Waals surface area (Å²) in [5.41, 5.74) is 0. The second kappa shape index (κ2) is 22.9. The molecule has 0 aromatic heterocycles. The Hall–Kier alpha value is -1.09. The van der Waals surface area contributed by atoms with Crippen LogP contribution in [0, 0.1) is 0 Å². The number of aliphatic hydroxyl groups is 9. The van der Waals surface area contributed by atoms with Crippen molar-refractivity contribution in [2.45, 2.75) is 189 Å². The summed E-state index contributed by atoms with van der Waals surface area (Å²) in [5, 5.41) is 92.3. The van der Waals surface area contributed by atoms with E-state index in [4.69, 9.17) is 28.4 Å². The molecule has 50 heavy (non-hydrogen) atoms. The van der Waals surface area contributed by atoms with E-state index in [1.165, 1.54) is 64.2 Å². The number of hydrogen-bond donors (Lipinski definition) is 9. The molecule has 14 atom stereocenters. The maximum Gasteiger partial charge on any atom is 0.305 e. The molecule has 0 saturated carbocycles. The van der Waals surface area contributed by atoms with Gasteiger partial charge in [-0.3, -0.25) is 4.79 Å². The molecule has 0 bridgehead atoms. The van der Waals surface area contributed by atoms with E-state index in [1.807, 2.05) is 0 Å². The molecule has 0 aromatic carbocycles. The van der Waals surface area contributed by atoms with Crippen LogP contribution in [0.4, 0.5) is 0 Å². The number of esters is 1. The first-order valence-electron chi connectivity index (χ1n) is 18.4. The lowest BCUT2D eigenvalue weighted by Crippen LogP contribution is -2.64. The quantitative estimate of drug-likeness (QED) is 0.0503. The summed E-state index contributed by atoms with van der Waals surface area (Å²) in [4.78, 5) is 12.3. The van der Waals surface area contributed by atoms with Crippen molar-refractivity contribution in [3.63, 3.8) is 0 Å². The van der Waals surface area contributed by atoms with Crippen LogP contribution < -0.4 is 0 Å². The van der Waals surface area contributed by atoms with E-state index in [-0.39, 0.29) is 19.6 Å². The summed E-state index contributed by atoms with van der Waals surface area (Å²) in [7, 11) is 0. The van der Waals surface area contributed by atoms with Gasteiger partial charge in [0.05, 0.1) is 13.2 Å². The third-order valence-corrected chi connectivity index (χ3v) is 9.68. The molecule has 294 valence electrons. The smallest absolute Gasteiger partial charge is 0.305 e. The maximum absolute atomic E-state index is 12.3. The average molecular weight is 727 g/mol. The normalized spacial score (nSPS) is 37.9. The fraction of sp³-hybridized carbons (Fsp3) is 0.971. The molecule has 0 aromatic rings. The van der Waals surface area contributed by atoms with Crippen LogP contribution in [0.15, 0.2) is 0 Å². The fourth-order valence-electron chi connectivity index (χ4n) is 6.36. The summed E-state index contributed by atoms with van der Waals surface area (Å²) in [6.45, 7) is 0.858. The highest BCUT2D eigenvalue weighted by Crippen LogP contribution is 2.30. The third-order valence-electron chi connectivity index (χ3n) is 9.68. The van der Waals surface area contributed by atoms with Crippen LogP contribution in [-0.4, -0.2) is 158 Å². The van der Waals surface area contributed by atoms with Crippen LogP contribution in [0.1, 0.15) is 103 Å². The molecule has 9 N–H and O–H groups in total. The lowest BCUT2D eigenvalue weighted by atomic mass is 9.99. The Bertz CT molecular complexity index is 928. The van der Waals surface area contributed by atoms with E-state index in [2.05, 4.69) is 6.92 Å². The molecule has 16 nitrogen and oxygen atoms in total. The standard InChI is InChI=1S/C34H62O16/c1-2-3-4-5-6-7-8-9-10-11-12-13-14-15-16-23(36)46-18-21-25(38)26(39)22(19-45-21)48-33-30(43)28(41)31(44)34(50-33)49-32-29(42)27(40)24(37)20(17-35)47-32/h20-22,24-35,37-44H,2-19H2,1H3/t20?,21?,22?,24-,25+,26?,27?,28?,29?,30?,31+,32+,33+,34?/m0/s1. The van der Waals surface area contributed by atoms with Gasteiger partial charge < -0.3 is 74.4 Å². The minimum Gasteiger partial charge on any atom is -0.463 e. The summed E-state index contributed by atoms with van der Waals surface area (Å²) < 4.78 is 32.5. The molecule has 3 fully saturated rings. The van der Waals surface area contributed by atoms with Gasteiger partial charge in [0.2, 0.25) is 0 Å². The molecule has 0 radical (unpaired) electrons. The van der Waals surface area contributed by atoms with E-state index >= 15 is 0 Å². The van der Waals surface area contributed by atoms with Crippen LogP contribution in [0.2, 0.25) is 0 Å². The zero-order chi connectivity index (χ0) is 36.6. The number of rotatable bonds is 22. The van der Waals surface area contributed by atoms with Crippen LogP contribution in [0.5, 0.6) is 0 Å². The van der Waals surface area contributed by atoms with Crippen molar-refractivity contribution in [1.29, 1.82) is 0 Å². The number of ether oxygens (including phenoxy) is 6. The first kappa shape index (κ1) is 43.3. The van der Waals surface area contributed by atoms with Crippen molar-refractivity contribution in [2.75, 3.05) is 19.8 Å². The third kappa shape index (κ3) is 13.1. The van der Waals surface area contributed by atoms with E-state index in [0.29, 0.717) is 6.42 Å². The van der Waals surface area contributed by atoms with Gasteiger partial charge in [-0.05, 0) is 6.42 Å². The Morgan fingerprint density at radius 3 is 1.56 bits per heavy atom.